The van der Waals surface area contributed by atoms with Gasteiger partial charge in [0.25, 0.3) is 5.91 Å². The summed E-state index contributed by atoms with van der Waals surface area (Å²) in [6, 6.07) is 15.1. The molecule has 146 valence electrons. The van der Waals surface area contributed by atoms with Crippen LogP contribution in [0, 0.1) is 6.92 Å². The van der Waals surface area contributed by atoms with E-state index in [1.54, 1.807) is 12.1 Å². The lowest BCUT2D eigenvalue weighted by Gasteiger charge is -2.28. The molecule has 0 spiro atoms. The van der Waals surface area contributed by atoms with Gasteiger partial charge in [0.05, 0.1) is 10.6 Å². The van der Waals surface area contributed by atoms with Crippen LogP contribution < -0.4 is 0 Å². The Labute approximate surface area is 170 Å². The smallest absolute Gasteiger partial charge is 0.255 e. The van der Waals surface area contributed by atoms with E-state index in [2.05, 4.69) is 17.1 Å². The highest BCUT2D eigenvalue weighted by Gasteiger charge is 2.23. The molecular formula is C22H24ClN3O2. The lowest BCUT2D eigenvalue weighted by molar-refractivity contribution is 0.0686. The molecular weight excluding hydrogens is 374 g/mol. The highest BCUT2D eigenvalue weighted by atomic mass is 35.5. The van der Waals surface area contributed by atoms with Gasteiger partial charge in [-0.15, -0.1) is 0 Å². The highest BCUT2D eigenvalue weighted by Crippen LogP contribution is 2.20. The molecule has 0 bridgehead atoms. The maximum absolute atomic E-state index is 13.0. The van der Waals surface area contributed by atoms with Gasteiger partial charge >= 0.3 is 0 Å². The first kappa shape index (κ1) is 20.1. The van der Waals surface area contributed by atoms with Gasteiger partial charge in [-0.25, -0.2) is 0 Å². The minimum Gasteiger partial charge on any atom is -0.339 e. The SMILES string of the molecule is CCC(C)N(CCc1nc(-c2cccc(C)c2)no1)C(=O)c1ccccc1Cl. The van der Waals surface area contributed by atoms with Crippen molar-refractivity contribution in [1.82, 2.24) is 15.0 Å². The zero-order valence-corrected chi connectivity index (χ0v) is 17.1. The molecule has 3 aromatic rings. The van der Waals surface area contributed by atoms with Gasteiger partial charge < -0.3 is 9.42 Å². The van der Waals surface area contributed by atoms with Crippen LogP contribution in [0.25, 0.3) is 11.4 Å². The van der Waals surface area contributed by atoms with Crippen LogP contribution in [0.1, 0.15) is 42.1 Å². The van der Waals surface area contributed by atoms with Crippen molar-refractivity contribution in [3.63, 3.8) is 0 Å². The lowest BCUT2D eigenvalue weighted by Crippen LogP contribution is -2.40. The molecule has 5 nitrogen and oxygen atoms in total. The molecule has 0 aliphatic carbocycles. The Morgan fingerprint density at radius 3 is 2.71 bits per heavy atom. The fourth-order valence-corrected chi connectivity index (χ4v) is 3.22. The van der Waals surface area contributed by atoms with Crippen LogP contribution in [0.3, 0.4) is 0 Å². The number of aryl methyl sites for hydroxylation is 1. The molecule has 1 heterocycles. The average Bonchev–Trinajstić information content (AvgIpc) is 3.17. The van der Waals surface area contributed by atoms with Gasteiger partial charge in [0.15, 0.2) is 0 Å². The van der Waals surface area contributed by atoms with Gasteiger partial charge in [0.1, 0.15) is 0 Å². The van der Waals surface area contributed by atoms with Gasteiger partial charge in [0, 0.05) is 24.6 Å². The van der Waals surface area contributed by atoms with E-state index in [4.69, 9.17) is 16.1 Å². The summed E-state index contributed by atoms with van der Waals surface area (Å²) < 4.78 is 5.41. The largest absolute Gasteiger partial charge is 0.339 e. The first-order valence-corrected chi connectivity index (χ1v) is 9.82. The molecule has 0 saturated heterocycles. The zero-order chi connectivity index (χ0) is 20.1. The summed E-state index contributed by atoms with van der Waals surface area (Å²) in [5, 5.41) is 4.54. The number of aromatic nitrogens is 2. The van der Waals surface area contributed by atoms with E-state index >= 15 is 0 Å². The normalized spacial score (nSPS) is 12.0. The summed E-state index contributed by atoms with van der Waals surface area (Å²) >= 11 is 6.22. The minimum absolute atomic E-state index is 0.0722. The summed E-state index contributed by atoms with van der Waals surface area (Å²) in [5.41, 5.74) is 2.56. The summed E-state index contributed by atoms with van der Waals surface area (Å²) in [5.74, 6) is 0.987. The maximum atomic E-state index is 13.0. The molecule has 1 amide bonds. The van der Waals surface area contributed by atoms with Crippen LogP contribution in [-0.2, 0) is 6.42 Å². The lowest BCUT2D eigenvalue weighted by atomic mass is 10.1. The van der Waals surface area contributed by atoms with Crippen LogP contribution in [0.4, 0.5) is 0 Å². The molecule has 6 heteroatoms. The number of nitrogens with zero attached hydrogens (tertiary/aromatic N) is 3. The Kier molecular flexibility index (Phi) is 6.47. The van der Waals surface area contributed by atoms with Gasteiger partial charge in [-0.3, -0.25) is 4.79 Å². The first-order valence-electron chi connectivity index (χ1n) is 9.44. The number of halogens is 1. The van der Waals surface area contributed by atoms with Crippen LogP contribution in [0.2, 0.25) is 5.02 Å². The van der Waals surface area contributed by atoms with Gasteiger partial charge in [-0.2, -0.15) is 4.98 Å². The number of carbonyl (C=O) groups excluding carboxylic acids is 1. The molecule has 2 aromatic carbocycles. The number of hydrogen-bond donors (Lipinski definition) is 0. The van der Waals surface area contributed by atoms with Crippen molar-refractivity contribution in [2.24, 2.45) is 0 Å². The van der Waals surface area contributed by atoms with E-state index in [1.165, 1.54) is 0 Å². The van der Waals surface area contributed by atoms with E-state index in [9.17, 15) is 4.79 Å². The monoisotopic (exact) mass is 397 g/mol. The third kappa shape index (κ3) is 4.60. The van der Waals surface area contributed by atoms with Crippen molar-refractivity contribution in [3.8, 4) is 11.4 Å². The van der Waals surface area contributed by atoms with Gasteiger partial charge in [0.2, 0.25) is 11.7 Å². The Bertz CT molecular complexity index is 954. The standard InChI is InChI=1S/C22H24ClN3O2/c1-4-16(3)26(22(27)18-10-5-6-11-19(18)23)13-12-20-24-21(25-28-20)17-9-7-8-15(2)14-17/h5-11,14,16H,4,12-13H2,1-3H3. The number of amides is 1. The topological polar surface area (TPSA) is 59.2 Å². The fourth-order valence-electron chi connectivity index (χ4n) is 3.01. The second-order valence-electron chi connectivity index (χ2n) is 6.87. The first-order chi connectivity index (χ1) is 13.5. The molecule has 0 aliphatic rings. The molecule has 1 unspecified atom stereocenters. The second-order valence-corrected chi connectivity index (χ2v) is 7.27. The Morgan fingerprint density at radius 2 is 2.00 bits per heavy atom. The van der Waals surface area contributed by atoms with E-state index in [0.717, 1.165) is 17.5 Å². The zero-order valence-electron chi connectivity index (χ0n) is 16.4. The predicted molar refractivity (Wildman–Crippen MR) is 110 cm³/mol. The third-order valence-corrected chi connectivity index (χ3v) is 5.13. The molecule has 0 fully saturated rings. The molecule has 1 atom stereocenters. The number of rotatable bonds is 7. The average molecular weight is 398 g/mol. The van der Waals surface area contributed by atoms with Crippen LogP contribution in [-0.4, -0.2) is 33.5 Å². The van der Waals surface area contributed by atoms with E-state index in [-0.39, 0.29) is 11.9 Å². The summed E-state index contributed by atoms with van der Waals surface area (Å²) in [7, 11) is 0. The summed E-state index contributed by atoms with van der Waals surface area (Å²) in [6.45, 7) is 6.59. The Hall–Kier alpha value is -2.66. The quantitative estimate of drug-likeness (QED) is 0.551. The van der Waals surface area contributed by atoms with Crippen molar-refractivity contribution >= 4 is 17.5 Å². The van der Waals surface area contributed by atoms with E-state index in [0.29, 0.717) is 35.3 Å². The van der Waals surface area contributed by atoms with E-state index < -0.39 is 0 Å². The molecule has 28 heavy (non-hydrogen) atoms. The number of benzene rings is 2. The van der Waals surface area contributed by atoms with Gasteiger partial charge in [-0.05, 0) is 38.5 Å². The molecule has 0 saturated carbocycles. The number of hydrogen-bond acceptors (Lipinski definition) is 4. The van der Waals surface area contributed by atoms with Crippen LogP contribution >= 0.6 is 11.6 Å². The Morgan fingerprint density at radius 1 is 1.21 bits per heavy atom. The maximum Gasteiger partial charge on any atom is 0.255 e. The van der Waals surface area contributed by atoms with E-state index in [1.807, 2.05) is 55.1 Å². The van der Waals surface area contributed by atoms with Crippen LogP contribution in [0.15, 0.2) is 53.1 Å². The molecule has 3 rings (SSSR count). The molecule has 1 aromatic heterocycles. The molecule has 0 N–H and O–H groups in total. The van der Waals surface area contributed by atoms with Crippen molar-refractivity contribution in [1.29, 1.82) is 0 Å². The minimum atomic E-state index is -0.0848. The third-order valence-electron chi connectivity index (χ3n) is 4.80. The molecule has 0 aliphatic heterocycles. The summed E-state index contributed by atoms with van der Waals surface area (Å²) in [4.78, 5) is 19.3. The summed E-state index contributed by atoms with van der Waals surface area (Å²) in [6.07, 6.45) is 1.33. The van der Waals surface area contributed by atoms with Gasteiger partial charge in [-0.1, -0.05) is 59.6 Å². The number of carbonyl (C=O) groups is 1. The van der Waals surface area contributed by atoms with Crippen LogP contribution in [0.5, 0.6) is 0 Å². The molecule has 0 radical (unpaired) electrons. The predicted octanol–water partition coefficient (Wildman–Crippen LogP) is 5.18. The van der Waals surface area contributed by atoms with Crippen molar-refractivity contribution in [2.75, 3.05) is 6.54 Å². The van der Waals surface area contributed by atoms with Crippen molar-refractivity contribution in [2.45, 2.75) is 39.7 Å². The Balaban J connectivity index is 1.74. The highest BCUT2D eigenvalue weighted by molar-refractivity contribution is 6.33. The second kappa shape index (κ2) is 9.02. The van der Waals surface area contributed by atoms with Crippen molar-refractivity contribution in [3.05, 3.63) is 70.6 Å². The van der Waals surface area contributed by atoms with Crippen molar-refractivity contribution < 1.29 is 9.32 Å². The fraction of sp³-hybridized carbons (Fsp3) is 0.318.